The van der Waals surface area contributed by atoms with Crippen molar-refractivity contribution in [3.05, 3.63) is 23.3 Å². The predicted octanol–water partition coefficient (Wildman–Crippen LogP) is 3.10. The number of hydrogen-bond donors (Lipinski definition) is 1. The molecule has 96 valence electrons. The van der Waals surface area contributed by atoms with Gasteiger partial charge in [0.2, 0.25) is 5.91 Å². The van der Waals surface area contributed by atoms with Crippen molar-refractivity contribution in [1.29, 1.82) is 5.26 Å². The highest BCUT2D eigenvalue weighted by atomic mass is 16.1. The van der Waals surface area contributed by atoms with Gasteiger partial charge in [0.1, 0.15) is 5.54 Å². The Hall–Kier alpha value is -1.82. The Morgan fingerprint density at radius 3 is 2.00 bits per heavy atom. The van der Waals surface area contributed by atoms with Gasteiger partial charge in [-0.2, -0.15) is 5.26 Å². The first-order valence-electron chi connectivity index (χ1n) is 6.14. The van der Waals surface area contributed by atoms with Crippen molar-refractivity contribution in [3.63, 3.8) is 0 Å². The summed E-state index contributed by atoms with van der Waals surface area (Å²) >= 11 is 0. The van der Waals surface area contributed by atoms with Crippen LogP contribution in [0, 0.1) is 25.2 Å². The first-order chi connectivity index (χ1) is 8.33. The predicted molar refractivity (Wildman–Crippen MR) is 73.0 cm³/mol. The summed E-state index contributed by atoms with van der Waals surface area (Å²) in [5.74, 6) is -0.161. The van der Waals surface area contributed by atoms with E-state index >= 15 is 0 Å². The maximum absolute atomic E-state index is 10.5. The zero-order chi connectivity index (χ0) is 13.9. The van der Waals surface area contributed by atoms with Crippen LogP contribution in [-0.2, 0) is 4.79 Å². The molecule has 0 bridgehead atoms. The van der Waals surface area contributed by atoms with Gasteiger partial charge < -0.3 is 5.32 Å². The summed E-state index contributed by atoms with van der Waals surface area (Å²) < 4.78 is 0. The van der Waals surface area contributed by atoms with Crippen LogP contribution < -0.4 is 5.32 Å². The molecule has 0 saturated carbocycles. The van der Waals surface area contributed by atoms with Crippen molar-refractivity contribution in [3.8, 4) is 17.2 Å². The Morgan fingerprint density at radius 1 is 1.39 bits per heavy atom. The lowest BCUT2D eigenvalue weighted by atomic mass is 9.82. The highest BCUT2D eigenvalue weighted by molar-refractivity contribution is 5.84. The quantitative estimate of drug-likeness (QED) is 0.882. The molecule has 3 nitrogen and oxygen atoms in total. The van der Waals surface area contributed by atoms with Crippen LogP contribution in [0.25, 0.3) is 11.1 Å². The van der Waals surface area contributed by atoms with Gasteiger partial charge in [0.25, 0.3) is 0 Å². The van der Waals surface area contributed by atoms with E-state index in [0.717, 1.165) is 0 Å². The highest BCUT2D eigenvalue weighted by Gasteiger charge is 2.21. The molecular weight excluding hydrogens is 224 g/mol. The minimum Gasteiger partial charge on any atom is -0.338 e. The maximum Gasteiger partial charge on any atom is 0.218 e. The van der Waals surface area contributed by atoms with Gasteiger partial charge in [0.15, 0.2) is 0 Å². The zero-order valence-corrected chi connectivity index (χ0v) is 11.7. The number of carbonyl (C=O) groups excluding carboxylic acids is 1. The van der Waals surface area contributed by atoms with Gasteiger partial charge >= 0.3 is 0 Å². The molecule has 2 rings (SSSR count). The van der Waals surface area contributed by atoms with Gasteiger partial charge in [0.05, 0.1) is 6.07 Å². The summed E-state index contributed by atoms with van der Waals surface area (Å²) in [5.41, 5.74) is 5.20. The van der Waals surface area contributed by atoms with E-state index in [0.29, 0.717) is 6.42 Å². The molecule has 1 amide bonds. The second-order valence-electron chi connectivity index (χ2n) is 4.96. The summed E-state index contributed by atoms with van der Waals surface area (Å²) in [7, 11) is 0. The van der Waals surface area contributed by atoms with Crippen LogP contribution in [0.4, 0.5) is 0 Å². The molecule has 18 heavy (non-hydrogen) atoms. The van der Waals surface area contributed by atoms with Crippen molar-refractivity contribution in [1.82, 2.24) is 5.32 Å². The first kappa shape index (κ1) is 14.2. The van der Waals surface area contributed by atoms with E-state index in [1.54, 1.807) is 6.92 Å². The van der Waals surface area contributed by atoms with Crippen molar-refractivity contribution in [2.75, 3.05) is 0 Å². The largest absolute Gasteiger partial charge is 0.338 e. The molecule has 0 aromatic carbocycles. The molecule has 1 unspecified atom stereocenters. The Morgan fingerprint density at radius 2 is 1.89 bits per heavy atom. The van der Waals surface area contributed by atoms with E-state index in [4.69, 9.17) is 5.26 Å². The Balaban J connectivity index is 0.000000182. The lowest BCUT2D eigenvalue weighted by Gasteiger charge is -2.22. The topological polar surface area (TPSA) is 52.9 Å². The standard InChI is InChI=1S/C8H8.C7H12N2O/c1-5-3-7-4-6(2)8(5)7;1-4-7(3,5-8)9-6(2)10/h3-4H,1-2H3;4H2,1-3H3,(H,9,10). The SMILES string of the molecule is CCC(C)(C#N)NC(C)=O.Cc1cc2cc(C)c1-2. The lowest BCUT2D eigenvalue weighted by Crippen LogP contribution is -2.42. The normalized spacial score (nSPS) is 13.6. The van der Waals surface area contributed by atoms with E-state index in [2.05, 4.69) is 31.3 Å². The fourth-order valence-electron chi connectivity index (χ4n) is 1.99. The average molecular weight is 244 g/mol. The van der Waals surface area contributed by atoms with Crippen LogP contribution in [-0.4, -0.2) is 11.4 Å². The van der Waals surface area contributed by atoms with E-state index < -0.39 is 5.54 Å². The van der Waals surface area contributed by atoms with Gasteiger partial charge in [0, 0.05) is 6.92 Å². The van der Waals surface area contributed by atoms with Crippen LogP contribution in [0.5, 0.6) is 0 Å². The zero-order valence-electron chi connectivity index (χ0n) is 11.7. The molecule has 1 atom stereocenters. The number of carbonyl (C=O) groups is 1. The number of nitrogens with one attached hydrogen (secondary N) is 1. The number of nitriles is 1. The fraction of sp³-hybridized carbons (Fsp3) is 0.467. The fourth-order valence-corrected chi connectivity index (χ4v) is 1.99. The monoisotopic (exact) mass is 244 g/mol. The number of hydrogen-bond acceptors (Lipinski definition) is 2. The molecule has 0 heterocycles. The number of rotatable bonds is 2. The second-order valence-corrected chi connectivity index (χ2v) is 4.96. The lowest BCUT2D eigenvalue weighted by molar-refractivity contribution is -0.120. The molecule has 0 saturated heterocycles. The minimum absolute atomic E-state index is 0.161. The van der Waals surface area contributed by atoms with Crippen LogP contribution in [0.3, 0.4) is 0 Å². The summed E-state index contributed by atoms with van der Waals surface area (Å²) in [5, 5.41) is 11.1. The summed E-state index contributed by atoms with van der Waals surface area (Å²) in [6, 6.07) is 6.48. The molecule has 0 spiro atoms. The average Bonchev–Trinajstić information content (AvgIpc) is 2.27. The van der Waals surface area contributed by atoms with Crippen LogP contribution in [0.2, 0.25) is 0 Å². The molecular formula is C15H20N2O. The van der Waals surface area contributed by atoms with Crippen LogP contribution in [0.15, 0.2) is 12.1 Å². The van der Waals surface area contributed by atoms with E-state index in [9.17, 15) is 4.79 Å². The van der Waals surface area contributed by atoms with Crippen molar-refractivity contribution in [2.24, 2.45) is 0 Å². The Bertz CT molecular complexity index is 491. The van der Waals surface area contributed by atoms with E-state index in [-0.39, 0.29) is 5.91 Å². The van der Waals surface area contributed by atoms with Gasteiger partial charge in [-0.25, -0.2) is 0 Å². The van der Waals surface area contributed by atoms with E-state index in [1.807, 2.05) is 13.0 Å². The Kier molecular flexibility index (Phi) is 4.13. The van der Waals surface area contributed by atoms with Crippen LogP contribution in [0.1, 0.15) is 38.3 Å². The van der Waals surface area contributed by atoms with Crippen LogP contribution >= 0.6 is 0 Å². The van der Waals surface area contributed by atoms with Gasteiger partial charge in [-0.05, 0) is 49.4 Å². The number of aryl methyl sites for hydroxylation is 2. The van der Waals surface area contributed by atoms with Gasteiger partial charge in [-0.15, -0.1) is 0 Å². The van der Waals surface area contributed by atoms with Gasteiger partial charge in [-0.3, -0.25) is 4.79 Å². The molecule has 0 aromatic heterocycles. The molecule has 2 aliphatic carbocycles. The van der Waals surface area contributed by atoms with E-state index in [1.165, 1.54) is 29.2 Å². The second kappa shape index (κ2) is 5.22. The van der Waals surface area contributed by atoms with Crippen molar-refractivity contribution < 1.29 is 4.79 Å². The molecule has 0 radical (unpaired) electrons. The molecule has 0 aliphatic heterocycles. The first-order valence-corrected chi connectivity index (χ1v) is 6.14. The molecule has 0 aromatic rings. The Labute approximate surface area is 109 Å². The summed E-state index contributed by atoms with van der Waals surface area (Å²) in [6.45, 7) is 9.30. The summed E-state index contributed by atoms with van der Waals surface area (Å²) in [6.07, 6.45) is 0.628. The highest BCUT2D eigenvalue weighted by Crippen LogP contribution is 2.39. The maximum atomic E-state index is 10.5. The number of amides is 1. The molecule has 2 aliphatic rings. The third-order valence-electron chi connectivity index (χ3n) is 3.23. The van der Waals surface area contributed by atoms with Gasteiger partial charge in [-0.1, -0.05) is 19.1 Å². The molecule has 0 fully saturated rings. The third-order valence-corrected chi connectivity index (χ3v) is 3.23. The third kappa shape index (κ3) is 2.89. The minimum atomic E-state index is -0.689. The number of benzene rings is 1. The summed E-state index contributed by atoms with van der Waals surface area (Å²) in [4.78, 5) is 10.5. The van der Waals surface area contributed by atoms with Crippen molar-refractivity contribution >= 4 is 5.91 Å². The smallest absolute Gasteiger partial charge is 0.218 e. The number of fused-ring (bicyclic) bond motifs is 1. The molecule has 3 heteroatoms. The van der Waals surface area contributed by atoms with Crippen molar-refractivity contribution in [2.45, 2.75) is 46.6 Å². The molecule has 1 N–H and O–H groups in total. The number of nitrogens with zero attached hydrogens (tertiary/aromatic N) is 1.